The van der Waals surface area contributed by atoms with E-state index in [-0.39, 0.29) is 12.1 Å². The maximum Gasteiger partial charge on any atom is 0.242 e. The zero-order chi connectivity index (χ0) is 15.6. The van der Waals surface area contributed by atoms with Gasteiger partial charge in [0, 0.05) is 19.6 Å². The standard InChI is InChI=1S/C15H24N2O3S/c1-11(2)16-21(19,20)15-7-5-4-6-14(15)17(3)10-12-8-13(18)9-12/h4-7,11-13,16,18H,8-10H2,1-3H3. The van der Waals surface area contributed by atoms with Crippen LogP contribution in [0.3, 0.4) is 0 Å². The summed E-state index contributed by atoms with van der Waals surface area (Å²) in [5, 5.41) is 9.36. The van der Waals surface area contributed by atoms with Crippen LogP contribution in [0.2, 0.25) is 0 Å². The van der Waals surface area contributed by atoms with Gasteiger partial charge in [0.2, 0.25) is 10.0 Å². The number of benzene rings is 1. The molecule has 1 aliphatic carbocycles. The van der Waals surface area contributed by atoms with Crippen LogP contribution in [0.4, 0.5) is 5.69 Å². The fourth-order valence-corrected chi connectivity index (χ4v) is 4.21. The summed E-state index contributed by atoms with van der Waals surface area (Å²) < 4.78 is 27.4. The topological polar surface area (TPSA) is 69.6 Å². The lowest BCUT2D eigenvalue weighted by Crippen LogP contribution is -2.38. The van der Waals surface area contributed by atoms with Gasteiger partial charge in [-0.3, -0.25) is 0 Å². The van der Waals surface area contributed by atoms with E-state index in [2.05, 4.69) is 4.72 Å². The van der Waals surface area contributed by atoms with Crippen LogP contribution >= 0.6 is 0 Å². The van der Waals surface area contributed by atoms with E-state index < -0.39 is 10.0 Å². The molecular weight excluding hydrogens is 288 g/mol. The van der Waals surface area contributed by atoms with Crippen molar-refractivity contribution in [3.63, 3.8) is 0 Å². The van der Waals surface area contributed by atoms with Crippen molar-refractivity contribution in [1.82, 2.24) is 4.72 Å². The van der Waals surface area contributed by atoms with Gasteiger partial charge in [-0.1, -0.05) is 12.1 Å². The SMILES string of the molecule is CC(C)NS(=O)(=O)c1ccccc1N(C)CC1CC(O)C1. The van der Waals surface area contributed by atoms with Crippen molar-refractivity contribution in [3.05, 3.63) is 24.3 Å². The smallest absolute Gasteiger partial charge is 0.242 e. The van der Waals surface area contributed by atoms with E-state index in [0.717, 1.165) is 19.4 Å². The Hall–Kier alpha value is -1.11. The van der Waals surface area contributed by atoms with Gasteiger partial charge in [0.25, 0.3) is 0 Å². The summed E-state index contributed by atoms with van der Waals surface area (Å²) in [6.07, 6.45) is 1.40. The van der Waals surface area contributed by atoms with Gasteiger partial charge in [-0.15, -0.1) is 0 Å². The molecule has 1 saturated carbocycles. The number of aliphatic hydroxyl groups excluding tert-OH is 1. The van der Waals surface area contributed by atoms with Crippen molar-refractivity contribution in [2.24, 2.45) is 5.92 Å². The lowest BCUT2D eigenvalue weighted by molar-refractivity contribution is 0.0464. The number of nitrogens with one attached hydrogen (secondary N) is 1. The number of nitrogens with zero attached hydrogens (tertiary/aromatic N) is 1. The van der Waals surface area contributed by atoms with Crippen molar-refractivity contribution >= 4 is 15.7 Å². The highest BCUT2D eigenvalue weighted by Gasteiger charge is 2.29. The van der Waals surface area contributed by atoms with E-state index in [4.69, 9.17) is 0 Å². The Balaban J connectivity index is 2.20. The highest BCUT2D eigenvalue weighted by atomic mass is 32.2. The molecule has 0 heterocycles. The number of anilines is 1. The fraction of sp³-hybridized carbons (Fsp3) is 0.600. The number of aliphatic hydroxyl groups is 1. The van der Waals surface area contributed by atoms with E-state index >= 15 is 0 Å². The second kappa shape index (κ2) is 6.34. The quantitative estimate of drug-likeness (QED) is 0.837. The number of rotatable bonds is 6. The van der Waals surface area contributed by atoms with Gasteiger partial charge in [0.05, 0.1) is 11.8 Å². The highest BCUT2D eigenvalue weighted by molar-refractivity contribution is 7.89. The van der Waals surface area contributed by atoms with E-state index in [1.54, 1.807) is 26.0 Å². The molecule has 0 bridgehead atoms. The first-order valence-corrected chi connectivity index (χ1v) is 8.78. The fourth-order valence-electron chi connectivity index (χ4n) is 2.71. The molecule has 118 valence electrons. The highest BCUT2D eigenvalue weighted by Crippen LogP contribution is 2.31. The molecule has 2 rings (SSSR count). The van der Waals surface area contributed by atoms with Crippen LogP contribution in [0.1, 0.15) is 26.7 Å². The zero-order valence-electron chi connectivity index (χ0n) is 12.8. The molecular formula is C15H24N2O3S. The first-order chi connectivity index (χ1) is 9.79. The third-order valence-electron chi connectivity index (χ3n) is 3.70. The summed E-state index contributed by atoms with van der Waals surface area (Å²) in [6.45, 7) is 4.37. The van der Waals surface area contributed by atoms with Crippen LogP contribution in [0.15, 0.2) is 29.2 Å². The molecule has 0 saturated heterocycles. The number of hydrogen-bond donors (Lipinski definition) is 2. The van der Waals surface area contributed by atoms with Gasteiger partial charge in [0.1, 0.15) is 4.90 Å². The maximum atomic E-state index is 12.4. The lowest BCUT2D eigenvalue weighted by Gasteiger charge is -2.35. The molecule has 1 aliphatic rings. The molecule has 6 heteroatoms. The van der Waals surface area contributed by atoms with Crippen LogP contribution in [0, 0.1) is 5.92 Å². The summed E-state index contributed by atoms with van der Waals surface area (Å²) >= 11 is 0. The third kappa shape index (κ3) is 3.96. The Labute approximate surface area is 127 Å². The molecule has 0 atom stereocenters. The summed E-state index contributed by atoms with van der Waals surface area (Å²) in [4.78, 5) is 2.27. The van der Waals surface area contributed by atoms with Crippen LogP contribution < -0.4 is 9.62 Å². The summed E-state index contributed by atoms with van der Waals surface area (Å²) in [5.41, 5.74) is 0.701. The Morgan fingerprint density at radius 2 is 1.95 bits per heavy atom. The predicted octanol–water partition coefficient (Wildman–Crippen LogP) is 1.58. The Morgan fingerprint density at radius 1 is 1.33 bits per heavy atom. The largest absolute Gasteiger partial charge is 0.393 e. The van der Waals surface area contributed by atoms with Crippen molar-refractivity contribution in [3.8, 4) is 0 Å². The molecule has 2 N–H and O–H groups in total. The maximum absolute atomic E-state index is 12.4. The van der Waals surface area contributed by atoms with Gasteiger partial charge >= 0.3 is 0 Å². The monoisotopic (exact) mass is 312 g/mol. The first-order valence-electron chi connectivity index (χ1n) is 7.30. The Bertz CT molecular complexity index is 580. The predicted molar refractivity (Wildman–Crippen MR) is 83.9 cm³/mol. The minimum absolute atomic E-state index is 0.143. The van der Waals surface area contributed by atoms with Crippen LogP contribution in [0.25, 0.3) is 0 Å². The van der Waals surface area contributed by atoms with Gasteiger partial charge in [-0.05, 0) is 44.7 Å². The molecule has 0 amide bonds. The minimum atomic E-state index is -3.51. The second-order valence-corrected chi connectivity index (χ2v) is 7.80. The zero-order valence-corrected chi connectivity index (χ0v) is 13.6. The van der Waals surface area contributed by atoms with Crippen molar-refractivity contribution in [2.45, 2.75) is 43.7 Å². The molecule has 0 aromatic heterocycles. The summed E-state index contributed by atoms with van der Waals surface area (Å²) in [5.74, 6) is 0.429. The molecule has 1 fully saturated rings. The first kappa shape index (κ1) is 16.3. The van der Waals surface area contributed by atoms with Gasteiger partial charge in [0.15, 0.2) is 0 Å². The molecule has 21 heavy (non-hydrogen) atoms. The second-order valence-electron chi connectivity index (χ2n) is 6.12. The lowest BCUT2D eigenvalue weighted by atomic mass is 9.82. The average Bonchev–Trinajstić information content (AvgIpc) is 2.35. The van der Waals surface area contributed by atoms with Gasteiger partial charge < -0.3 is 10.0 Å². The van der Waals surface area contributed by atoms with Crippen LogP contribution in [0.5, 0.6) is 0 Å². The molecule has 1 aromatic carbocycles. The summed E-state index contributed by atoms with van der Waals surface area (Å²) in [6, 6.07) is 6.89. The van der Waals surface area contributed by atoms with Crippen LogP contribution in [-0.4, -0.2) is 39.3 Å². The molecule has 0 unspecified atom stereocenters. The molecule has 1 aromatic rings. The number of para-hydroxylation sites is 1. The van der Waals surface area contributed by atoms with Gasteiger partial charge in [-0.2, -0.15) is 0 Å². The molecule has 0 spiro atoms. The van der Waals surface area contributed by atoms with Gasteiger partial charge in [-0.25, -0.2) is 13.1 Å². The van der Waals surface area contributed by atoms with E-state index in [0.29, 0.717) is 16.5 Å². The number of hydrogen-bond acceptors (Lipinski definition) is 4. The van der Waals surface area contributed by atoms with E-state index in [1.165, 1.54) is 0 Å². The third-order valence-corrected chi connectivity index (χ3v) is 5.41. The average molecular weight is 312 g/mol. The molecule has 0 radical (unpaired) electrons. The Morgan fingerprint density at radius 3 is 2.52 bits per heavy atom. The van der Waals surface area contributed by atoms with E-state index in [9.17, 15) is 13.5 Å². The molecule has 5 nitrogen and oxygen atoms in total. The molecule has 0 aliphatic heterocycles. The Kier molecular flexibility index (Phi) is 4.91. The van der Waals surface area contributed by atoms with Crippen molar-refractivity contribution in [1.29, 1.82) is 0 Å². The number of sulfonamides is 1. The van der Waals surface area contributed by atoms with Crippen molar-refractivity contribution < 1.29 is 13.5 Å². The van der Waals surface area contributed by atoms with Crippen molar-refractivity contribution in [2.75, 3.05) is 18.5 Å². The minimum Gasteiger partial charge on any atom is -0.393 e. The van der Waals surface area contributed by atoms with E-state index in [1.807, 2.05) is 24.1 Å². The summed E-state index contributed by atoms with van der Waals surface area (Å²) in [7, 11) is -1.61. The van der Waals surface area contributed by atoms with Crippen LogP contribution in [-0.2, 0) is 10.0 Å². The normalized spacial score (nSPS) is 22.1.